The molecule has 0 atom stereocenters. The fourth-order valence-corrected chi connectivity index (χ4v) is 3.34. The maximum atomic E-state index is 12.3. The van der Waals surface area contributed by atoms with Gasteiger partial charge in [0.25, 0.3) is 0 Å². The van der Waals surface area contributed by atoms with E-state index in [1.54, 1.807) is 17.0 Å². The molecule has 0 aromatic heterocycles. The number of sulfonamides is 1. The van der Waals surface area contributed by atoms with Crippen molar-refractivity contribution in [2.24, 2.45) is 0 Å². The van der Waals surface area contributed by atoms with Gasteiger partial charge in [-0.3, -0.25) is 0 Å². The number of benzene rings is 1. The first-order valence-corrected chi connectivity index (χ1v) is 6.92. The highest BCUT2D eigenvalue weighted by Gasteiger charge is 2.27. The van der Waals surface area contributed by atoms with Crippen LogP contribution < -0.4 is 9.62 Å². The molecule has 1 aliphatic heterocycles. The Morgan fingerprint density at radius 2 is 2.25 bits per heavy atom. The summed E-state index contributed by atoms with van der Waals surface area (Å²) in [5, 5.41) is 0. The molecule has 0 spiro atoms. The molecule has 0 unspecified atom stereocenters. The van der Waals surface area contributed by atoms with Gasteiger partial charge in [-0.15, -0.1) is 0 Å². The lowest BCUT2D eigenvalue weighted by atomic mass is 10.3. The summed E-state index contributed by atoms with van der Waals surface area (Å²) in [6.07, 6.45) is 0. The number of nitrogens with zero attached hydrogens (tertiary/aromatic N) is 1. The van der Waals surface area contributed by atoms with Crippen LogP contribution in [-0.4, -0.2) is 28.3 Å². The third-order valence-corrected chi connectivity index (χ3v) is 4.26. The maximum Gasteiger partial charge on any atom is 0.244 e. The van der Waals surface area contributed by atoms with Crippen LogP contribution in [0, 0.1) is 0 Å². The Balaban J connectivity index is 2.53. The summed E-state index contributed by atoms with van der Waals surface area (Å²) in [5.41, 5.74) is 0.541. The van der Waals surface area contributed by atoms with Gasteiger partial charge in [-0.05, 0) is 18.2 Å². The van der Waals surface area contributed by atoms with Crippen LogP contribution in [0.15, 0.2) is 27.6 Å². The smallest absolute Gasteiger partial charge is 0.244 e. The highest BCUT2D eigenvalue weighted by molar-refractivity contribution is 9.10. The first-order chi connectivity index (χ1) is 7.54. The predicted octanol–water partition coefficient (Wildman–Crippen LogP) is 1.47. The van der Waals surface area contributed by atoms with Gasteiger partial charge >= 0.3 is 0 Å². The summed E-state index contributed by atoms with van der Waals surface area (Å²) in [4.78, 5) is 1.84. The Labute approximate surface area is 102 Å². The maximum absolute atomic E-state index is 12.3. The van der Waals surface area contributed by atoms with Crippen molar-refractivity contribution >= 4 is 31.6 Å². The van der Waals surface area contributed by atoms with Crippen molar-refractivity contribution < 1.29 is 12.8 Å². The van der Waals surface area contributed by atoms with E-state index in [1.807, 2.05) is 0 Å². The fraction of sp³-hybridized carbons (Fsp3) is 0.333. The van der Waals surface area contributed by atoms with E-state index in [4.69, 9.17) is 0 Å². The molecule has 0 amide bonds. The molecular formula is C9H10BrFN2O2S. The Morgan fingerprint density at radius 1 is 1.50 bits per heavy atom. The Kier molecular flexibility index (Phi) is 3.18. The SMILES string of the molecule is O=S1(=O)NCN(CCF)c2ccc(Br)cc21. The van der Waals surface area contributed by atoms with Crippen LogP contribution in [0.4, 0.5) is 10.1 Å². The zero-order valence-corrected chi connectivity index (χ0v) is 10.7. The quantitative estimate of drug-likeness (QED) is 0.900. The second-order valence-electron chi connectivity index (χ2n) is 3.37. The van der Waals surface area contributed by atoms with Crippen molar-refractivity contribution in [3.8, 4) is 0 Å². The molecule has 1 N–H and O–H groups in total. The minimum atomic E-state index is -3.46. The predicted molar refractivity (Wildman–Crippen MR) is 62.7 cm³/mol. The van der Waals surface area contributed by atoms with Gasteiger partial charge in [-0.1, -0.05) is 15.9 Å². The van der Waals surface area contributed by atoms with E-state index < -0.39 is 16.7 Å². The molecule has 1 aromatic carbocycles. The summed E-state index contributed by atoms with van der Waals surface area (Å²) in [5.74, 6) is 0. The van der Waals surface area contributed by atoms with E-state index in [0.29, 0.717) is 10.2 Å². The monoisotopic (exact) mass is 308 g/mol. The molecule has 7 heteroatoms. The number of rotatable bonds is 2. The van der Waals surface area contributed by atoms with Gasteiger partial charge in [0, 0.05) is 11.0 Å². The lowest BCUT2D eigenvalue weighted by Crippen LogP contribution is -2.44. The summed E-state index contributed by atoms with van der Waals surface area (Å²) in [6, 6.07) is 4.93. The Morgan fingerprint density at radius 3 is 2.94 bits per heavy atom. The molecule has 0 fully saturated rings. The number of fused-ring (bicyclic) bond motifs is 1. The van der Waals surface area contributed by atoms with Crippen molar-refractivity contribution in [1.29, 1.82) is 0 Å². The molecule has 0 radical (unpaired) electrons. The normalized spacial score (nSPS) is 18.2. The first-order valence-electron chi connectivity index (χ1n) is 4.65. The van der Waals surface area contributed by atoms with Crippen molar-refractivity contribution in [1.82, 2.24) is 4.72 Å². The van der Waals surface area contributed by atoms with Crippen molar-refractivity contribution in [2.75, 3.05) is 24.8 Å². The second kappa shape index (κ2) is 4.31. The van der Waals surface area contributed by atoms with Crippen LogP contribution >= 0.6 is 15.9 Å². The Bertz CT molecular complexity index is 506. The van der Waals surface area contributed by atoms with Gasteiger partial charge < -0.3 is 4.90 Å². The molecule has 0 aliphatic carbocycles. The molecule has 4 nitrogen and oxygen atoms in total. The summed E-state index contributed by atoms with van der Waals surface area (Å²) >= 11 is 3.22. The number of halogens is 2. The van der Waals surface area contributed by atoms with Crippen LogP contribution in [0.3, 0.4) is 0 Å². The summed E-state index contributed by atoms with van der Waals surface area (Å²) in [7, 11) is -3.46. The average Bonchev–Trinajstić information content (AvgIpc) is 2.23. The van der Waals surface area contributed by atoms with E-state index >= 15 is 0 Å². The van der Waals surface area contributed by atoms with E-state index in [1.165, 1.54) is 6.07 Å². The van der Waals surface area contributed by atoms with Crippen LogP contribution in [0.2, 0.25) is 0 Å². The molecule has 0 bridgehead atoms. The zero-order valence-electron chi connectivity index (χ0n) is 8.28. The fourth-order valence-electron chi connectivity index (χ4n) is 1.59. The van der Waals surface area contributed by atoms with Gasteiger partial charge in [-0.2, -0.15) is 4.72 Å². The van der Waals surface area contributed by atoms with E-state index in [9.17, 15) is 12.8 Å². The molecule has 16 heavy (non-hydrogen) atoms. The standard InChI is InChI=1S/C9H10BrFN2O2S/c10-7-1-2-8-9(5-7)16(14,15)12-6-13(8)4-3-11/h1-2,5,12H,3-4,6H2. The molecule has 1 heterocycles. The minimum Gasteiger partial charge on any atom is -0.354 e. The Hall–Kier alpha value is -0.660. The van der Waals surface area contributed by atoms with Crippen molar-refractivity contribution in [3.05, 3.63) is 22.7 Å². The molecule has 0 saturated carbocycles. The number of alkyl halides is 1. The molecule has 1 aromatic rings. The third kappa shape index (κ3) is 2.07. The molecule has 88 valence electrons. The van der Waals surface area contributed by atoms with Crippen LogP contribution in [-0.2, 0) is 10.0 Å². The third-order valence-electron chi connectivity index (χ3n) is 2.35. The first kappa shape index (κ1) is 11.8. The van der Waals surface area contributed by atoms with E-state index in [-0.39, 0.29) is 18.1 Å². The summed E-state index contributed by atoms with van der Waals surface area (Å²) < 4.78 is 38.8. The molecule has 2 rings (SSSR count). The topological polar surface area (TPSA) is 49.4 Å². The molecule has 0 saturated heterocycles. The highest BCUT2D eigenvalue weighted by atomic mass is 79.9. The number of anilines is 1. The number of hydrogen-bond acceptors (Lipinski definition) is 3. The minimum absolute atomic E-state index is 0.112. The highest BCUT2D eigenvalue weighted by Crippen LogP contribution is 2.30. The second-order valence-corrected chi connectivity index (χ2v) is 6.02. The van der Waals surface area contributed by atoms with Crippen molar-refractivity contribution in [3.63, 3.8) is 0 Å². The van der Waals surface area contributed by atoms with Crippen LogP contribution in [0.5, 0.6) is 0 Å². The van der Waals surface area contributed by atoms with Crippen molar-refractivity contribution in [2.45, 2.75) is 4.90 Å². The van der Waals surface area contributed by atoms with Gasteiger partial charge in [0.1, 0.15) is 11.6 Å². The van der Waals surface area contributed by atoms with Crippen LogP contribution in [0.25, 0.3) is 0 Å². The van der Waals surface area contributed by atoms with Gasteiger partial charge in [0.05, 0.1) is 12.4 Å². The lowest BCUT2D eigenvalue weighted by Gasteiger charge is -2.30. The van der Waals surface area contributed by atoms with Crippen LogP contribution in [0.1, 0.15) is 0 Å². The average molecular weight is 309 g/mol. The zero-order chi connectivity index (χ0) is 11.8. The van der Waals surface area contributed by atoms with E-state index in [2.05, 4.69) is 20.7 Å². The van der Waals surface area contributed by atoms with Gasteiger partial charge in [-0.25, -0.2) is 12.8 Å². The number of hydrogen-bond donors (Lipinski definition) is 1. The largest absolute Gasteiger partial charge is 0.354 e. The lowest BCUT2D eigenvalue weighted by molar-refractivity contribution is 0.483. The molecular weight excluding hydrogens is 299 g/mol. The van der Waals surface area contributed by atoms with Gasteiger partial charge in [0.15, 0.2) is 0 Å². The van der Waals surface area contributed by atoms with Gasteiger partial charge in [0.2, 0.25) is 10.0 Å². The summed E-state index contributed by atoms with van der Waals surface area (Å²) in [6.45, 7) is -0.227. The molecule has 1 aliphatic rings. The van der Waals surface area contributed by atoms with E-state index in [0.717, 1.165) is 0 Å². The number of nitrogens with one attached hydrogen (secondary N) is 1.